The number of nitrogens with one attached hydrogen (secondary N) is 1. The smallest absolute Gasteiger partial charge is 0.207 e. The first-order chi connectivity index (χ1) is 4.84. The number of amides is 1. The van der Waals surface area contributed by atoms with Gasteiger partial charge in [0.2, 0.25) is 6.41 Å². The third-order valence-corrected chi connectivity index (χ3v) is 2.44. The Labute approximate surface area is 62.0 Å². The second-order valence-electron chi connectivity index (χ2n) is 3.12. The Hall–Kier alpha value is -0.530. The number of rotatable bonds is 3. The summed E-state index contributed by atoms with van der Waals surface area (Å²) in [6, 6.07) is 0.389. The van der Waals surface area contributed by atoms with Crippen molar-refractivity contribution in [1.29, 1.82) is 0 Å². The maximum Gasteiger partial charge on any atom is 0.207 e. The Morgan fingerprint density at radius 2 is 2.10 bits per heavy atom. The minimum absolute atomic E-state index is 0.389. The van der Waals surface area contributed by atoms with E-state index in [1.54, 1.807) is 0 Å². The Morgan fingerprint density at radius 1 is 1.50 bits per heavy atom. The molecule has 58 valence electrons. The summed E-state index contributed by atoms with van der Waals surface area (Å²) in [5.41, 5.74) is 0. The molecular formula is C8H15NO. The first kappa shape index (κ1) is 7.58. The van der Waals surface area contributed by atoms with Crippen LogP contribution in [0.2, 0.25) is 0 Å². The van der Waals surface area contributed by atoms with Crippen LogP contribution in [0.25, 0.3) is 0 Å². The molecule has 1 N–H and O–H groups in total. The molecule has 0 saturated heterocycles. The molecule has 1 aliphatic carbocycles. The number of hydrogen-bond donors (Lipinski definition) is 1. The third kappa shape index (κ3) is 1.72. The summed E-state index contributed by atoms with van der Waals surface area (Å²) < 4.78 is 0. The van der Waals surface area contributed by atoms with Crippen molar-refractivity contribution >= 4 is 6.41 Å². The highest BCUT2D eigenvalue weighted by Crippen LogP contribution is 2.27. The molecular weight excluding hydrogens is 126 g/mol. The van der Waals surface area contributed by atoms with Crippen LogP contribution < -0.4 is 5.32 Å². The fourth-order valence-corrected chi connectivity index (χ4v) is 1.70. The van der Waals surface area contributed by atoms with E-state index < -0.39 is 0 Å². The van der Waals surface area contributed by atoms with E-state index in [-0.39, 0.29) is 0 Å². The molecule has 1 fully saturated rings. The van der Waals surface area contributed by atoms with E-state index in [0.29, 0.717) is 6.04 Å². The monoisotopic (exact) mass is 141 g/mol. The van der Waals surface area contributed by atoms with Gasteiger partial charge in [-0.2, -0.15) is 0 Å². The summed E-state index contributed by atoms with van der Waals surface area (Å²) in [5.74, 6) is 0.741. The molecule has 1 rings (SSSR count). The van der Waals surface area contributed by atoms with Gasteiger partial charge in [-0.05, 0) is 25.7 Å². The summed E-state index contributed by atoms with van der Waals surface area (Å²) in [4.78, 5) is 10.1. The first-order valence-electron chi connectivity index (χ1n) is 4.04. The molecule has 0 radical (unpaired) electrons. The van der Waals surface area contributed by atoms with Crippen LogP contribution in [0.3, 0.4) is 0 Å². The summed E-state index contributed by atoms with van der Waals surface area (Å²) in [5, 5.41) is 2.81. The second-order valence-corrected chi connectivity index (χ2v) is 3.12. The molecule has 2 heteroatoms. The van der Waals surface area contributed by atoms with Gasteiger partial charge in [0, 0.05) is 6.04 Å². The van der Waals surface area contributed by atoms with Crippen LogP contribution in [-0.2, 0) is 4.79 Å². The molecule has 1 atom stereocenters. The lowest BCUT2D eigenvalue weighted by Crippen LogP contribution is -2.30. The average molecular weight is 141 g/mol. The maximum atomic E-state index is 10.1. The molecule has 0 aromatic carbocycles. The quantitative estimate of drug-likeness (QED) is 0.590. The Balaban J connectivity index is 2.24. The molecule has 0 aliphatic heterocycles. The van der Waals surface area contributed by atoms with Gasteiger partial charge in [0.25, 0.3) is 0 Å². The normalized spacial score (nSPS) is 22.5. The van der Waals surface area contributed by atoms with Gasteiger partial charge >= 0.3 is 0 Å². The highest BCUT2D eigenvalue weighted by atomic mass is 16.1. The molecule has 0 unspecified atom stereocenters. The lowest BCUT2D eigenvalue weighted by molar-refractivity contribution is -0.110. The molecule has 0 spiro atoms. The predicted octanol–water partition coefficient (Wildman–Crippen LogP) is 1.31. The Morgan fingerprint density at radius 3 is 2.60 bits per heavy atom. The average Bonchev–Trinajstić information content (AvgIpc) is 2.38. The molecule has 0 aromatic heterocycles. The minimum atomic E-state index is 0.389. The zero-order valence-corrected chi connectivity index (χ0v) is 6.47. The van der Waals surface area contributed by atoms with Gasteiger partial charge in [0.15, 0.2) is 0 Å². The van der Waals surface area contributed by atoms with Crippen LogP contribution in [0.1, 0.15) is 32.6 Å². The van der Waals surface area contributed by atoms with E-state index in [0.717, 1.165) is 12.3 Å². The lowest BCUT2D eigenvalue weighted by Gasteiger charge is -2.16. The fraction of sp³-hybridized carbons (Fsp3) is 0.875. The van der Waals surface area contributed by atoms with E-state index in [1.807, 2.05) is 0 Å². The largest absolute Gasteiger partial charge is 0.356 e. The number of carbonyl (C=O) groups excluding carboxylic acids is 1. The van der Waals surface area contributed by atoms with Crippen LogP contribution >= 0.6 is 0 Å². The lowest BCUT2D eigenvalue weighted by atomic mass is 10.0. The van der Waals surface area contributed by atoms with E-state index in [1.165, 1.54) is 25.7 Å². The predicted molar refractivity (Wildman–Crippen MR) is 40.6 cm³/mol. The van der Waals surface area contributed by atoms with Crippen molar-refractivity contribution in [2.45, 2.75) is 38.6 Å². The molecule has 0 bridgehead atoms. The third-order valence-electron chi connectivity index (χ3n) is 2.44. The highest BCUT2D eigenvalue weighted by Gasteiger charge is 2.20. The molecule has 1 amide bonds. The SMILES string of the molecule is C[C@@H](NC=O)C1CCCC1. The van der Waals surface area contributed by atoms with E-state index in [9.17, 15) is 4.79 Å². The summed E-state index contributed by atoms with van der Waals surface area (Å²) in [7, 11) is 0. The van der Waals surface area contributed by atoms with Gasteiger partial charge in [0.1, 0.15) is 0 Å². The van der Waals surface area contributed by atoms with Crippen molar-refractivity contribution in [2.24, 2.45) is 5.92 Å². The van der Waals surface area contributed by atoms with E-state index in [4.69, 9.17) is 0 Å². The molecule has 0 aromatic rings. The van der Waals surface area contributed by atoms with Crippen molar-refractivity contribution < 1.29 is 4.79 Å². The molecule has 1 aliphatic rings. The topological polar surface area (TPSA) is 29.1 Å². The molecule has 10 heavy (non-hydrogen) atoms. The van der Waals surface area contributed by atoms with Crippen molar-refractivity contribution in [1.82, 2.24) is 5.32 Å². The Bertz CT molecular complexity index is 108. The first-order valence-corrected chi connectivity index (χ1v) is 4.04. The summed E-state index contributed by atoms with van der Waals surface area (Å²) >= 11 is 0. The van der Waals surface area contributed by atoms with Gasteiger partial charge < -0.3 is 5.32 Å². The summed E-state index contributed by atoms with van der Waals surface area (Å²) in [6.45, 7) is 2.09. The second kappa shape index (κ2) is 3.59. The molecule has 2 nitrogen and oxygen atoms in total. The van der Waals surface area contributed by atoms with Crippen LogP contribution in [0, 0.1) is 5.92 Å². The zero-order chi connectivity index (χ0) is 7.40. The van der Waals surface area contributed by atoms with Crippen LogP contribution in [0.5, 0.6) is 0 Å². The number of carbonyl (C=O) groups is 1. The van der Waals surface area contributed by atoms with Gasteiger partial charge in [-0.15, -0.1) is 0 Å². The number of hydrogen-bond acceptors (Lipinski definition) is 1. The van der Waals surface area contributed by atoms with Crippen molar-refractivity contribution in [3.05, 3.63) is 0 Å². The highest BCUT2D eigenvalue weighted by molar-refractivity contribution is 5.46. The van der Waals surface area contributed by atoms with Crippen molar-refractivity contribution in [2.75, 3.05) is 0 Å². The summed E-state index contributed by atoms with van der Waals surface area (Å²) in [6.07, 6.45) is 6.08. The van der Waals surface area contributed by atoms with Gasteiger partial charge in [-0.1, -0.05) is 12.8 Å². The van der Waals surface area contributed by atoms with Crippen LogP contribution in [0.4, 0.5) is 0 Å². The van der Waals surface area contributed by atoms with Crippen LogP contribution in [-0.4, -0.2) is 12.5 Å². The molecule has 1 saturated carbocycles. The van der Waals surface area contributed by atoms with E-state index >= 15 is 0 Å². The van der Waals surface area contributed by atoms with Gasteiger partial charge in [-0.3, -0.25) is 4.79 Å². The Kier molecular flexibility index (Phi) is 2.72. The van der Waals surface area contributed by atoms with Crippen LogP contribution in [0.15, 0.2) is 0 Å². The minimum Gasteiger partial charge on any atom is -0.356 e. The molecule has 0 heterocycles. The maximum absolute atomic E-state index is 10.1. The van der Waals surface area contributed by atoms with Gasteiger partial charge in [0.05, 0.1) is 0 Å². The standard InChI is InChI=1S/C8H15NO/c1-7(9-6-10)8-4-2-3-5-8/h6-8H,2-5H2,1H3,(H,9,10)/t7-/m1/s1. The fourth-order valence-electron chi connectivity index (χ4n) is 1.70. The van der Waals surface area contributed by atoms with Gasteiger partial charge in [-0.25, -0.2) is 0 Å². The zero-order valence-electron chi connectivity index (χ0n) is 6.47. The van der Waals surface area contributed by atoms with E-state index in [2.05, 4.69) is 12.2 Å². The van der Waals surface area contributed by atoms with Crippen molar-refractivity contribution in [3.63, 3.8) is 0 Å². The van der Waals surface area contributed by atoms with Crippen molar-refractivity contribution in [3.8, 4) is 0 Å².